The minimum atomic E-state index is -0.754. The van der Waals surface area contributed by atoms with Crippen LogP contribution in [0, 0.1) is 29.9 Å². The number of para-hydroxylation sites is 1. The van der Waals surface area contributed by atoms with E-state index in [0.717, 1.165) is 12.1 Å². The van der Waals surface area contributed by atoms with Gasteiger partial charge in [-0.25, -0.2) is 18.7 Å². The molecule has 22 heavy (non-hydrogen) atoms. The highest BCUT2D eigenvalue weighted by atomic mass is 32.2. The molecule has 116 valence electrons. The van der Waals surface area contributed by atoms with E-state index in [-0.39, 0.29) is 17.1 Å². The van der Waals surface area contributed by atoms with Crippen LogP contribution >= 0.6 is 11.8 Å². The van der Waals surface area contributed by atoms with Crippen LogP contribution in [0.5, 0.6) is 0 Å². The van der Waals surface area contributed by atoms with Crippen LogP contribution in [0.15, 0.2) is 23.4 Å². The van der Waals surface area contributed by atoms with Crippen molar-refractivity contribution in [2.24, 2.45) is 0 Å². The Bertz CT molecular complexity index is 678. The highest BCUT2D eigenvalue weighted by Gasteiger charge is 2.15. The second-order valence-corrected chi connectivity index (χ2v) is 4.63. The number of hydrogen-bond acceptors (Lipinski definition) is 5. The molecule has 0 radical (unpaired) electrons. The first kappa shape index (κ1) is 17.9. The molecule has 1 aromatic heterocycles. The average molecular weight is 322 g/mol. The number of halogens is 2. The molecular weight excluding hydrogens is 306 g/mol. The Morgan fingerprint density at radius 2 is 1.77 bits per heavy atom. The lowest BCUT2D eigenvalue weighted by atomic mass is 10.2. The quantitative estimate of drug-likeness (QED) is 0.669. The molecule has 4 nitrogen and oxygen atoms in total. The summed E-state index contributed by atoms with van der Waals surface area (Å²) in [6, 6.07) is 5.45. The monoisotopic (exact) mass is 322 g/mol. The van der Waals surface area contributed by atoms with Crippen LogP contribution in [0.3, 0.4) is 0 Å². The third-order valence-electron chi connectivity index (χ3n) is 2.57. The molecular formula is C15H16F2N4S. The van der Waals surface area contributed by atoms with Gasteiger partial charge in [-0.05, 0) is 25.3 Å². The number of aryl methyl sites for hydroxylation is 1. The number of hydrogen-bond donors (Lipinski definition) is 1. The summed E-state index contributed by atoms with van der Waals surface area (Å²) in [7, 11) is 0. The molecule has 0 saturated carbocycles. The number of nitrogens with zero attached hydrogens (tertiary/aromatic N) is 3. The summed E-state index contributed by atoms with van der Waals surface area (Å²) in [6.45, 7) is 5.64. The van der Waals surface area contributed by atoms with E-state index in [0.29, 0.717) is 10.9 Å². The number of anilines is 2. The molecule has 0 amide bonds. The second kappa shape index (κ2) is 8.29. The molecule has 2 rings (SSSR count). The van der Waals surface area contributed by atoms with Crippen molar-refractivity contribution in [2.75, 3.05) is 11.6 Å². The summed E-state index contributed by atoms with van der Waals surface area (Å²) in [6.07, 6.45) is 1.77. The van der Waals surface area contributed by atoms with E-state index in [1.165, 1.54) is 17.8 Å². The Kier molecular flexibility index (Phi) is 6.73. The molecule has 0 aliphatic heterocycles. The third kappa shape index (κ3) is 3.92. The van der Waals surface area contributed by atoms with E-state index in [9.17, 15) is 8.78 Å². The maximum Gasteiger partial charge on any atom is 0.189 e. The SMILES string of the molecule is CC.CSc1nc(C)c(C#N)c(Nc2c(F)cccc2F)n1. The summed E-state index contributed by atoms with van der Waals surface area (Å²) in [5.41, 5.74) is 0.269. The fourth-order valence-electron chi connectivity index (χ4n) is 1.60. The first-order chi connectivity index (χ1) is 10.6. The zero-order valence-corrected chi connectivity index (χ0v) is 13.6. The zero-order valence-electron chi connectivity index (χ0n) is 12.7. The van der Waals surface area contributed by atoms with E-state index in [1.807, 2.05) is 19.9 Å². The van der Waals surface area contributed by atoms with Crippen LogP contribution in [0.25, 0.3) is 0 Å². The molecule has 7 heteroatoms. The van der Waals surface area contributed by atoms with Gasteiger partial charge in [0.05, 0.1) is 5.69 Å². The molecule has 1 aromatic carbocycles. The molecule has 1 N–H and O–H groups in total. The lowest BCUT2D eigenvalue weighted by Crippen LogP contribution is -2.05. The number of aromatic nitrogens is 2. The topological polar surface area (TPSA) is 61.6 Å². The van der Waals surface area contributed by atoms with Crippen LogP contribution in [-0.4, -0.2) is 16.2 Å². The summed E-state index contributed by atoms with van der Waals surface area (Å²) in [5.74, 6) is -1.42. The number of thioether (sulfide) groups is 1. The van der Waals surface area contributed by atoms with Gasteiger partial charge in [0.1, 0.15) is 29.0 Å². The van der Waals surface area contributed by atoms with Gasteiger partial charge in [0.25, 0.3) is 0 Å². The van der Waals surface area contributed by atoms with Crippen molar-refractivity contribution < 1.29 is 8.78 Å². The van der Waals surface area contributed by atoms with Crippen molar-refractivity contribution >= 4 is 23.3 Å². The molecule has 0 saturated heterocycles. The number of nitriles is 1. The van der Waals surface area contributed by atoms with Crippen LogP contribution < -0.4 is 5.32 Å². The van der Waals surface area contributed by atoms with Gasteiger partial charge >= 0.3 is 0 Å². The largest absolute Gasteiger partial charge is 0.334 e. The maximum atomic E-state index is 13.6. The summed E-state index contributed by atoms with van der Waals surface area (Å²) in [5, 5.41) is 12.1. The summed E-state index contributed by atoms with van der Waals surface area (Å²) >= 11 is 1.28. The van der Waals surface area contributed by atoms with Gasteiger partial charge in [0, 0.05) is 0 Å². The van der Waals surface area contributed by atoms with Gasteiger partial charge in [0.2, 0.25) is 0 Å². The Labute approximate surface area is 132 Å². The Balaban J connectivity index is 0.00000116. The third-order valence-corrected chi connectivity index (χ3v) is 3.12. The molecule has 0 bridgehead atoms. The lowest BCUT2D eigenvalue weighted by molar-refractivity contribution is 0.590. The molecule has 1 heterocycles. The molecule has 0 aliphatic carbocycles. The fraction of sp³-hybridized carbons (Fsp3) is 0.267. The molecule has 0 fully saturated rings. The Hall–Kier alpha value is -2.20. The second-order valence-electron chi connectivity index (χ2n) is 3.85. The minimum Gasteiger partial charge on any atom is -0.334 e. The van der Waals surface area contributed by atoms with E-state index >= 15 is 0 Å². The zero-order chi connectivity index (χ0) is 16.7. The van der Waals surface area contributed by atoms with Crippen LogP contribution in [-0.2, 0) is 0 Å². The number of rotatable bonds is 3. The predicted molar refractivity (Wildman–Crippen MR) is 84.3 cm³/mol. The summed E-state index contributed by atoms with van der Waals surface area (Å²) < 4.78 is 27.2. The van der Waals surface area contributed by atoms with Crippen LogP contribution in [0.2, 0.25) is 0 Å². The summed E-state index contributed by atoms with van der Waals surface area (Å²) in [4.78, 5) is 8.20. The van der Waals surface area contributed by atoms with Crippen molar-refractivity contribution in [3.8, 4) is 6.07 Å². The van der Waals surface area contributed by atoms with Crippen molar-refractivity contribution in [1.82, 2.24) is 9.97 Å². The molecule has 0 spiro atoms. The average Bonchev–Trinajstić information content (AvgIpc) is 2.52. The van der Waals surface area contributed by atoms with Gasteiger partial charge in [-0.2, -0.15) is 5.26 Å². The fourth-order valence-corrected chi connectivity index (χ4v) is 2.01. The van der Waals surface area contributed by atoms with Crippen LogP contribution in [0.4, 0.5) is 20.3 Å². The molecule has 0 unspecified atom stereocenters. The number of nitrogens with one attached hydrogen (secondary N) is 1. The molecule has 0 atom stereocenters. The Morgan fingerprint density at radius 3 is 2.27 bits per heavy atom. The van der Waals surface area contributed by atoms with Gasteiger partial charge in [-0.15, -0.1) is 0 Å². The van der Waals surface area contributed by atoms with E-state index < -0.39 is 11.6 Å². The minimum absolute atomic E-state index is 0.0911. The van der Waals surface area contributed by atoms with E-state index in [2.05, 4.69) is 15.3 Å². The van der Waals surface area contributed by atoms with Crippen molar-refractivity contribution in [3.63, 3.8) is 0 Å². The van der Waals surface area contributed by atoms with Crippen molar-refractivity contribution in [1.29, 1.82) is 5.26 Å². The molecule has 2 aromatic rings. The first-order valence-corrected chi connectivity index (χ1v) is 7.83. The lowest BCUT2D eigenvalue weighted by Gasteiger charge is -2.11. The Morgan fingerprint density at radius 1 is 1.18 bits per heavy atom. The van der Waals surface area contributed by atoms with Crippen LogP contribution in [0.1, 0.15) is 25.1 Å². The first-order valence-electron chi connectivity index (χ1n) is 6.60. The smallest absolute Gasteiger partial charge is 0.189 e. The predicted octanol–water partition coefficient (Wildman–Crippen LogP) is 4.43. The van der Waals surface area contributed by atoms with Gasteiger partial charge < -0.3 is 5.32 Å². The standard InChI is InChI=1S/C13H10F2N4S.C2H6/c1-7-8(6-16)12(19-13(17-7)20-2)18-11-9(14)4-3-5-10(11)15;1-2/h3-5H,1-2H3,(H,17,18,19);1-2H3. The maximum absolute atomic E-state index is 13.6. The van der Waals surface area contributed by atoms with Gasteiger partial charge in [-0.1, -0.05) is 31.7 Å². The van der Waals surface area contributed by atoms with Gasteiger partial charge in [-0.3, -0.25) is 0 Å². The normalized spacial score (nSPS) is 9.50. The van der Waals surface area contributed by atoms with Crippen molar-refractivity contribution in [3.05, 3.63) is 41.1 Å². The van der Waals surface area contributed by atoms with Gasteiger partial charge in [0.15, 0.2) is 11.0 Å². The van der Waals surface area contributed by atoms with Crippen molar-refractivity contribution in [2.45, 2.75) is 25.9 Å². The highest BCUT2D eigenvalue weighted by molar-refractivity contribution is 7.98. The number of benzene rings is 1. The highest BCUT2D eigenvalue weighted by Crippen LogP contribution is 2.26. The van der Waals surface area contributed by atoms with E-state index in [4.69, 9.17) is 5.26 Å². The molecule has 0 aliphatic rings. The van der Waals surface area contributed by atoms with E-state index in [1.54, 1.807) is 13.2 Å².